The van der Waals surface area contributed by atoms with Crippen LogP contribution in [0.2, 0.25) is 0 Å². The Morgan fingerprint density at radius 1 is 1.00 bits per heavy atom. The molecule has 140 valence electrons. The molecular weight excluding hydrogens is 329 g/mol. The summed E-state index contributed by atoms with van der Waals surface area (Å²) in [5, 5.41) is 2.54. The number of para-hydroxylation sites is 1. The number of benzene rings is 2. The van der Waals surface area contributed by atoms with Gasteiger partial charge in [0.1, 0.15) is 11.6 Å². The lowest BCUT2D eigenvalue weighted by molar-refractivity contribution is -0.118. The van der Waals surface area contributed by atoms with Crippen molar-refractivity contribution in [2.75, 3.05) is 11.9 Å². The molecule has 0 radical (unpaired) electrons. The summed E-state index contributed by atoms with van der Waals surface area (Å²) in [6.07, 6.45) is 0. The number of halogens is 1. The van der Waals surface area contributed by atoms with Gasteiger partial charge < -0.3 is 10.1 Å². The molecule has 0 unspecified atom stereocenters. The van der Waals surface area contributed by atoms with E-state index in [0.717, 1.165) is 5.56 Å². The third-order valence-electron chi connectivity index (χ3n) is 4.16. The van der Waals surface area contributed by atoms with E-state index in [-0.39, 0.29) is 23.1 Å². The van der Waals surface area contributed by atoms with Crippen molar-refractivity contribution in [3.63, 3.8) is 0 Å². The van der Waals surface area contributed by atoms with Gasteiger partial charge in [-0.05, 0) is 40.2 Å². The number of rotatable bonds is 4. The third-order valence-corrected chi connectivity index (χ3v) is 4.16. The van der Waals surface area contributed by atoms with E-state index in [1.54, 1.807) is 12.1 Å². The maximum Gasteiger partial charge on any atom is 0.262 e. The van der Waals surface area contributed by atoms with Crippen molar-refractivity contribution in [2.45, 2.75) is 52.4 Å². The first-order chi connectivity index (χ1) is 12.0. The lowest BCUT2D eigenvalue weighted by Gasteiger charge is -2.27. The quantitative estimate of drug-likeness (QED) is 0.791. The SMILES string of the molecule is CC(C)(C)c1ccc(OCC(=O)Nc2ccccc2F)c(C(C)(C)C)c1. The Bertz CT molecular complexity index is 785. The van der Waals surface area contributed by atoms with E-state index in [1.165, 1.54) is 17.7 Å². The van der Waals surface area contributed by atoms with Crippen molar-refractivity contribution in [2.24, 2.45) is 0 Å². The standard InChI is InChI=1S/C22H28FNO2/c1-21(2,3)15-11-12-19(16(13-15)22(4,5)6)26-14-20(25)24-18-10-8-7-9-17(18)23/h7-13H,14H2,1-6H3,(H,24,25). The molecule has 1 amide bonds. The molecule has 0 aliphatic rings. The number of nitrogens with one attached hydrogen (secondary N) is 1. The number of hydrogen-bond donors (Lipinski definition) is 1. The molecule has 3 nitrogen and oxygen atoms in total. The predicted octanol–water partition coefficient (Wildman–Crippen LogP) is 5.44. The summed E-state index contributed by atoms with van der Waals surface area (Å²) in [5.74, 6) is -0.185. The zero-order chi connectivity index (χ0) is 19.5. The highest BCUT2D eigenvalue weighted by Crippen LogP contribution is 2.35. The number of amides is 1. The molecule has 0 fully saturated rings. The molecule has 0 saturated heterocycles. The van der Waals surface area contributed by atoms with Gasteiger partial charge in [-0.15, -0.1) is 0 Å². The first-order valence-corrected chi connectivity index (χ1v) is 8.80. The average molecular weight is 357 g/mol. The maximum absolute atomic E-state index is 13.6. The Hall–Kier alpha value is -2.36. The summed E-state index contributed by atoms with van der Waals surface area (Å²) in [5.41, 5.74) is 2.31. The second kappa shape index (κ2) is 7.48. The fourth-order valence-corrected chi connectivity index (χ4v) is 2.60. The Morgan fingerprint density at radius 3 is 2.23 bits per heavy atom. The van der Waals surface area contributed by atoms with Gasteiger partial charge in [-0.25, -0.2) is 4.39 Å². The molecule has 0 aliphatic carbocycles. The van der Waals surface area contributed by atoms with Gasteiger partial charge in [0, 0.05) is 0 Å². The number of carbonyl (C=O) groups is 1. The predicted molar refractivity (Wildman–Crippen MR) is 104 cm³/mol. The highest BCUT2D eigenvalue weighted by atomic mass is 19.1. The molecule has 0 bridgehead atoms. The van der Waals surface area contributed by atoms with Gasteiger partial charge in [-0.3, -0.25) is 4.79 Å². The molecule has 1 N–H and O–H groups in total. The van der Waals surface area contributed by atoms with Crippen LogP contribution in [0.4, 0.5) is 10.1 Å². The van der Waals surface area contributed by atoms with Crippen LogP contribution in [0.1, 0.15) is 52.7 Å². The van der Waals surface area contributed by atoms with Crippen LogP contribution in [0.5, 0.6) is 5.75 Å². The average Bonchev–Trinajstić information content (AvgIpc) is 2.53. The van der Waals surface area contributed by atoms with Crippen molar-refractivity contribution >= 4 is 11.6 Å². The molecule has 26 heavy (non-hydrogen) atoms. The minimum Gasteiger partial charge on any atom is -0.483 e. The lowest BCUT2D eigenvalue weighted by atomic mass is 9.80. The smallest absolute Gasteiger partial charge is 0.262 e. The molecule has 0 heterocycles. The molecule has 4 heteroatoms. The fourth-order valence-electron chi connectivity index (χ4n) is 2.60. The summed E-state index contributed by atoms with van der Waals surface area (Å²) < 4.78 is 19.4. The second-order valence-corrected chi connectivity index (χ2v) is 8.53. The van der Waals surface area contributed by atoms with Crippen LogP contribution in [0.25, 0.3) is 0 Å². The van der Waals surface area contributed by atoms with E-state index in [0.29, 0.717) is 5.75 Å². The van der Waals surface area contributed by atoms with Gasteiger partial charge in [0.15, 0.2) is 6.61 Å². The maximum atomic E-state index is 13.6. The van der Waals surface area contributed by atoms with Gasteiger partial charge in [0.2, 0.25) is 0 Å². The summed E-state index contributed by atoms with van der Waals surface area (Å²) in [7, 11) is 0. The van der Waals surface area contributed by atoms with Crippen molar-refractivity contribution in [3.8, 4) is 5.75 Å². The minimum absolute atomic E-state index is 0.0285. The van der Waals surface area contributed by atoms with E-state index in [9.17, 15) is 9.18 Å². The molecule has 2 aromatic rings. The van der Waals surface area contributed by atoms with Gasteiger partial charge in [0.05, 0.1) is 5.69 Å². The van der Waals surface area contributed by atoms with Gasteiger partial charge >= 0.3 is 0 Å². The van der Waals surface area contributed by atoms with Gasteiger partial charge in [-0.2, -0.15) is 0 Å². The van der Waals surface area contributed by atoms with Crippen molar-refractivity contribution in [1.82, 2.24) is 0 Å². The Labute approximate surface area is 155 Å². The van der Waals surface area contributed by atoms with Crippen LogP contribution in [-0.4, -0.2) is 12.5 Å². The number of carbonyl (C=O) groups excluding carboxylic acids is 1. The highest BCUT2D eigenvalue weighted by Gasteiger charge is 2.23. The molecule has 0 spiro atoms. The van der Waals surface area contributed by atoms with Crippen LogP contribution in [0, 0.1) is 5.82 Å². The Balaban J connectivity index is 2.16. The van der Waals surface area contributed by atoms with Gasteiger partial charge in [-0.1, -0.05) is 65.8 Å². The number of anilines is 1. The summed E-state index contributed by atoms with van der Waals surface area (Å²) in [4.78, 5) is 12.1. The third kappa shape index (κ3) is 5.07. The zero-order valence-corrected chi connectivity index (χ0v) is 16.4. The monoisotopic (exact) mass is 357 g/mol. The molecule has 0 saturated carbocycles. The fraction of sp³-hybridized carbons (Fsp3) is 0.409. The minimum atomic E-state index is -0.467. The van der Waals surface area contributed by atoms with Crippen LogP contribution in [0.3, 0.4) is 0 Å². The van der Waals surface area contributed by atoms with E-state index in [1.807, 2.05) is 12.1 Å². The molecule has 0 atom stereocenters. The van der Waals surface area contributed by atoms with Crippen molar-refractivity contribution in [1.29, 1.82) is 0 Å². The highest BCUT2D eigenvalue weighted by molar-refractivity contribution is 5.92. The molecule has 2 rings (SSSR count). The topological polar surface area (TPSA) is 38.3 Å². The summed E-state index contributed by atoms with van der Waals surface area (Å²) in [6.45, 7) is 12.7. The van der Waals surface area contributed by atoms with E-state index in [4.69, 9.17) is 4.74 Å². The Kier molecular flexibility index (Phi) is 5.74. The molecular formula is C22H28FNO2. The number of ether oxygens (including phenoxy) is 1. The Morgan fingerprint density at radius 2 is 1.65 bits per heavy atom. The summed E-state index contributed by atoms with van der Waals surface area (Å²) >= 11 is 0. The molecule has 0 aliphatic heterocycles. The molecule has 2 aromatic carbocycles. The zero-order valence-electron chi connectivity index (χ0n) is 16.4. The largest absolute Gasteiger partial charge is 0.483 e. The van der Waals surface area contributed by atoms with Crippen LogP contribution in [-0.2, 0) is 15.6 Å². The first-order valence-electron chi connectivity index (χ1n) is 8.80. The normalized spacial score (nSPS) is 12.0. The van der Waals surface area contributed by atoms with Gasteiger partial charge in [0.25, 0.3) is 5.91 Å². The van der Waals surface area contributed by atoms with E-state index < -0.39 is 11.7 Å². The lowest BCUT2D eigenvalue weighted by Crippen LogP contribution is -2.23. The van der Waals surface area contributed by atoms with E-state index in [2.05, 4.69) is 52.9 Å². The van der Waals surface area contributed by atoms with Crippen molar-refractivity contribution < 1.29 is 13.9 Å². The van der Waals surface area contributed by atoms with Crippen LogP contribution >= 0.6 is 0 Å². The number of hydrogen-bond acceptors (Lipinski definition) is 2. The van der Waals surface area contributed by atoms with E-state index >= 15 is 0 Å². The van der Waals surface area contributed by atoms with Crippen molar-refractivity contribution in [3.05, 3.63) is 59.4 Å². The van der Waals surface area contributed by atoms with Crippen LogP contribution < -0.4 is 10.1 Å². The second-order valence-electron chi connectivity index (χ2n) is 8.53. The first kappa shape index (κ1) is 20.0. The van der Waals surface area contributed by atoms with Crippen LogP contribution in [0.15, 0.2) is 42.5 Å². The molecule has 0 aromatic heterocycles. The summed E-state index contributed by atoms with van der Waals surface area (Å²) in [6, 6.07) is 12.2.